The van der Waals surface area contributed by atoms with Crippen molar-refractivity contribution in [1.29, 1.82) is 0 Å². The number of morpholine rings is 1. The second-order valence-corrected chi connectivity index (χ2v) is 6.43. The summed E-state index contributed by atoms with van der Waals surface area (Å²) in [5, 5.41) is 6.58. The van der Waals surface area contributed by atoms with Crippen LogP contribution in [0.4, 0.5) is 0 Å². The number of aromatic nitrogens is 2. The van der Waals surface area contributed by atoms with Gasteiger partial charge in [-0.25, -0.2) is 8.42 Å². The summed E-state index contributed by atoms with van der Waals surface area (Å²) in [5.74, 6) is 0.122. The molecule has 6 nitrogen and oxygen atoms in total. The van der Waals surface area contributed by atoms with Crippen molar-refractivity contribution >= 4 is 21.6 Å². The van der Waals surface area contributed by atoms with E-state index in [0.29, 0.717) is 31.0 Å². The average Bonchev–Trinajstić information content (AvgIpc) is 2.71. The van der Waals surface area contributed by atoms with Crippen LogP contribution < -0.4 is 0 Å². The van der Waals surface area contributed by atoms with E-state index in [1.165, 1.54) is 4.31 Å². The molecule has 1 aromatic heterocycles. The SMILES string of the molecule is Cc1[nH]nc(S(=O)(=O)N2CCOC(C)C2)c1CCl. The van der Waals surface area contributed by atoms with E-state index in [9.17, 15) is 8.42 Å². The maximum absolute atomic E-state index is 12.5. The second kappa shape index (κ2) is 5.16. The number of rotatable bonds is 3. The molecule has 102 valence electrons. The number of halogens is 1. The maximum Gasteiger partial charge on any atom is 0.262 e. The van der Waals surface area contributed by atoms with E-state index in [1.54, 1.807) is 6.92 Å². The van der Waals surface area contributed by atoms with Crippen molar-refractivity contribution in [3.05, 3.63) is 11.3 Å². The van der Waals surface area contributed by atoms with E-state index < -0.39 is 10.0 Å². The van der Waals surface area contributed by atoms with Gasteiger partial charge in [0.2, 0.25) is 0 Å². The van der Waals surface area contributed by atoms with Gasteiger partial charge in [-0.3, -0.25) is 5.10 Å². The molecule has 1 N–H and O–H groups in total. The van der Waals surface area contributed by atoms with Gasteiger partial charge in [-0.2, -0.15) is 9.40 Å². The van der Waals surface area contributed by atoms with Gasteiger partial charge < -0.3 is 4.74 Å². The zero-order valence-corrected chi connectivity index (χ0v) is 11.9. The van der Waals surface area contributed by atoms with Crippen LogP contribution in [0.1, 0.15) is 18.2 Å². The van der Waals surface area contributed by atoms with E-state index in [2.05, 4.69) is 10.2 Å². The number of alkyl halides is 1. The Kier molecular flexibility index (Phi) is 3.96. The molecule has 1 aromatic rings. The van der Waals surface area contributed by atoms with Crippen LogP contribution in [0.3, 0.4) is 0 Å². The van der Waals surface area contributed by atoms with Crippen molar-refractivity contribution in [3.63, 3.8) is 0 Å². The van der Waals surface area contributed by atoms with Crippen LogP contribution in [0, 0.1) is 6.92 Å². The lowest BCUT2D eigenvalue weighted by Crippen LogP contribution is -2.44. The molecule has 0 aromatic carbocycles. The molecule has 0 radical (unpaired) electrons. The first-order valence-corrected chi connectivity index (χ1v) is 7.66. The monoisotopic (exact) mass is 293 g/mol. The van der Waals surface area contributed by atoms with Crippen molar-refractivity contribution in [3.8, 4) is 0 Å². The number of ether oxygens (including phenoxy) is 1. The van der Waals surface area contributed by atoms with Crippen LogP contribution in [0.5, 0.6) is 0 Å². The van der Waals surface area contributed by atoms with Gasteiger partial charge in [-0.1, -0.05) is 0 Å². The molecule has 0 saturated carbocycles. The van der Waals surface area contributed by atoms with Crippen molar-refractivity contribution in [2.24, 2.45) is 0 Å². The Morgan fingerprint density at radius 3 is 2.94 bits per heavy atom. The number of nitrogens with one attached hydrogen (secondary N) is 1. The molecule has 1 fully saturated rings. The third-order valence-electron chi connectivity index (χ3n) is 2.96. The minimum Gasteiger partial charge on any atom is -0.376 e. The Morgan fingerprint density at radius 1 is 1.61 bits per heavy atom. The fraction of sp³-hybridized carbons (Fsp3) is 0.700. The number of sulfonamides is 1. The molecule has 1 unspecified atom stereocenters. The molecule has 2 heterocycles. The summed E-state index contributed by atoms with van der Waals surface area (Å²) in [7, 11) is -3.59. The molecule has 0 amide bonds. The molecule has 0 aliphatic carbocycles. The average molecular weight is 294 g/mol. The van der Waals surface area contributed by atoms with Crippen molar-refractivity contribution < 1.29 is 13.2 Å². The Balaban J connectivity index is 2.35. The minimum absolute atomic E-state index is 0.0316. The molecule has 1 aliphatic heterocycles. The smallest absolute Gasteiger partial charge is 0.262 e. The van der Waals surface area contributed by atoms with Crippen LogP contribution in [-0.4, -0.2) is 48.7 Å². The minimum atomic E-state index is -3.59. The van der Waals surface area contributed by atoms with Crippen LogP contribution in [-0.2, 0) is 20.6 Å². The number of hydrogen-bond acceptors (Lipinski definition) is 4. The molecule has 1 aliphatic rings. The summed E-state index contributed by atoms with van der Waals surface area (Å²) in [6.45, 7) is 4.70. The molecule has 2 rings (SSSR count). The molecule has 1 saturated heterocycles. The first-order chi connectivity index (χ1) is 8.46. The van der Waals surface area contributed by atoms with Crippen LogP contribution >= 0.6 is 11.6 Å². The summed E-state index contributed by atoms with van der Waals surface area (Å²) in [6, 6.07) is 0. The van der Waals surface area contributed by atoms with Gasteiger partial charge in [0, 0.05) is 24.3 Å². The fourth-order valence-corrected chi connectivity index (χ4v) is 4.00. The molecule has 18 heavy (non-hydrogen) atoms. The zero-order valence-electron chi connectivity index (χ0n) is 10.3. The van der Waals surface area contributed by atoms with Crippen LogP contribution in [0.25, 0.3) is 0 Å². The van der Waals surface area contributed by atoms with E-state index in [4.69, 9.17) is 16.3 Å². The first kappa shape index (κ1) is 13.8. The lowest BCUT2D eigenvalue weighted by Gasteiger charge is -2.29. The number of nitrogens with zero attached hydrogens (tertiary/aromatic N) is 2. The summed E-state index contributed by atoms with van der Waals surface area (Å²) in [4.78, 5) is 0. The first-order valence-electron chi connectivity index (χ1n) is 5.68. The predicted molar refractivity (Wildman–Crippen MR) is 67.1 cm³/mol. The Morgan fingerprint density at radius 2 is 2.33 bits per heavy atom. The third-order valence-corrected chi connectivity index (χ3v) is 5.06. The highest BCUT2D eigenvalue weighted by atomic mass is 35.5. The molecular weight excluding hydrogens is 278 g/mol. The maximum atomic E-state index is 12.5. The van der Waals surface area contributed by atoms with Gasteiger partial charge in [0.1, 0.15) is 0 Å². The molecule has 0 spiro atoms. The number of aromatic amines is 1. The standard InChI is InChI=1S/C10H16ClN3O3S/c1-7-6-14(3-4-17-7)18(15,16)10-9(5-11)8(2)12-13-10/h7H,3-6H2,1-2H3,(H,12,13). The number of aryl methyl sites for hydroxylation is 1. The highest BCUT2D eigenvalue weighted by molar-refractivity contribution is 7.89. The Labute approximate surface area is 111 Å². The van der Waals surface area contributed by atoms with Gasteiger partial charge in [-0.15, -0.1) is 11.6 Å². The van der Waals surface area contributed by atoms with E-state index in [1.807, 2.05) is 6.92 Å². The van der Waals surface area contributed by atoms with Gasteiger partial charge >= 0.3 is 0 Å². The van der Waals surface area contributed by atoms with Crippen molar-refractivity contribution in [2.75, 3.05) is 19.7 Å². The summed E-state index contributed by atoms with van der Waals surface area (Å²) in [6.07, 6.45) is -0.104. The topological polar surface area (TPSA) is 75.3 Å². The van der Waals surface area contributed by atoms with Crippen molar-refractivity contribution in [2.45, 2.75) is 30.9 Å². The lowest BCUT2D eigenvalue weighted by molar-refractivity contribution is 0.0101. The summed E-state index contributed by atoms with van der Waals surface area (Å²) in [5.41, 5.74) is 1.22. The van der Waals surface area contributed by atoms with Crippen LogP contribution in [0.15, 0.2) is 5.03 Å². The van der Waals surface area contributed by atoms with Crippen molar-refractivity contribution in [1.82, 2.24) is 14.5 Å². The Bertz CT molecular complexity index is 528. The zero-order chi connectivity index (χ0) is 13.3. The molecule has 0 bridgehead atoms. The number of hydrogen-bond donors (Lipinski definition) is 1. The van der Waals surface area contributed by atoms with Gasteiger partial charge in [0.25, 0.3) is 10.0 Å². The normalized spacial score (nSPS) is 22.3. The van der Waals surface area contributed by atoms with E-state index in [0.717, 1.165) is 0 Å². The lowest BCUT2D eigenvalue weighted by atomic mass is 10.3. The summed E-state index contributed by atoms with van der Waals surface area (Å²) >= 11 is 5.78. The highest BCUT2D eigenvalue weighted by Crippen LogP contribution is 2.23. The quantitative estimate of drug-likeness (QED) is 0.839. The van der Waals surface area contributed by atoms with Gasteiger partial charge in [0.15, 0.2) is 5.03 Å². The Hall–Kier alpha value is -0.630. The number of H-pyrrole nitrogens is 1. The summed E-state index contributed by atoms with van der Waals surface area (Å²) < 4.78 is 31.6. The highest BCUT2D eigenvalue weighted by Gasteiger charge is 2.33. The van der Waals surface area contributed by atoms with Crippen LogP contribution in [0.2, 0.25) is 0 Å². The molecule has 1 atom stereocenters. The predicted octanol–water partition coefficient (Wildman–Crippen LogP) is 0.866. The van der Waals surface area contributed by atoms with Gasteiger partial charge in [0.05, 0.1) is 18.6 Å². The second-order valence-electron chi connectivity index (χ2n) is 4.31. The molecular formula is C10H16ClN3O3S. The largest absolute Gasteiger partial charge is 0.376 e. The van der Waals surface area contributed by atoms with Gasteiger partial charge in [-0.05, 0) is 13.8 Å². The molecule has 8 heteroatoms. The fourth-order valence-electron chi connectivity index (χ4n) is 1.93. The third kappa shape index (κ3) is 2.40. The van der Waals surface area contributed by atoms with E-state index in [-0.39, 0.29) is 17.0 Å². The van der Waals surface area contributed by atoms with E-state index >= 15 is 0 Å².